The Morgan fingerprint density at radius 2 is 1.26 bits per heavy atom. The molecule has 3 aromatic rings. The van der Waals surface area contributed by atoms with Gasteiger partial charge in [-0.3, -0.25) is 9.59 Å². The number of phenols is 3. The van der Waals surface area contributed by atoms with Gasteiger partial charge in [0.1, 0.15) is 40.8 Å². The van der Waals surface area contributed by atoms with Crippen LogP contribution in [0.25, 0.3) is 0 Å². The summed E-state index contributed by atoms with van der Waals surface area (Å²) in [5.41, 5.74) is -0.594. The molecule has 0 aliphatic rings. The van der Waals surface area contributed by atoms with E-state index < -0.39 is 64.9 Å². The maximum Gasteiger partial charge on any atom is 1.00 e. The van der Waals surface area contributed by atoms with Crippen molar-refractivity contribution in [2.75, 3.05) is 0 Å². The van der Waals surface area contributed by atoms with Crippen LogP contribution in [0, 0.1) is 17.5 Å². The molecule has 0 saturated carbocycles. The minimum atomic E-state index is -2.10. The Labute approximate surface area is 271 Å². The van der Waals surface area contributed by atoms with Crippen molar-refractivity contribution in [1.82, 2.24) is 0 Å². The SMILES string of the molecule is O=C(O)Cc1cc(Cl)c(O)cc1F.O=C([O-])C(O)c1cc(Cl)c(O)cc1F.O=CC(=O)O.Oc1cc(F)ccc1Cl.[Na+]. The number of benzene rings is 3. The van der Waals surface area contributed by atoms with Crippen molar-refractivity contribution in [3.8, 4) is 17.2 Å². The summed E-state index contributed by atoms with van der Waals surface area (Å²) in [7, 11) is 0. The molecule has 0 aliphatic carbocycles. The van der Waals surface area contributed by atoms with Gasteiger partial charge in [0.2, 0.25) is 6.29 Å². The van der Waals surface area contributed by atoms with E-state index in [0.717, 1.165) is 24.3 Å². The Bertz CT molecular complexity index is 1410. The van der Waals surface area contributed by atoms with E-state index in [4.69, 9.17) is 75.0 Å². The summed E-state index contributed by atoms with van der Waals surface area (Å²) in [4.78, 5) is 38.4. The Morgan fingerprint density at radius 1 is 0.810 bits per heavy atom. The molecule has 0 spiro atoms. The molecule has 11 nitrogen and oxygen atoms in total. The Kier molecular flexibility index (Phi) is 19.3. The monoisotopic (exact) mass is 666 g/mol. The van der Waals surface area contributed by atoms with Crippen molar-refractivity contribution in [1.29, 1.82) is 0 Å². The molecule has 3 rings (SSSR count). The molecular formula is C24H17Cl3F3NaO11. The second kappa shape index (κ2) is 19.8. The fourth-order valence-electron chi connectivity index (χ4n) is 2.25. The number of carbonyl (C=O) groups excluding carboxylic acids is 2. The van der Waals surface area contributed by atoms with Crippen LogP contribution in [0.3, 0.4) is 0 Å². The average Bonchev–Trinajstić information content (AvgIpc) is 2.87. The van der Waals surface area contributed by atoms with Crippen molar-refractivity contribution in [2.45, 2.75) is 12.5 Å². The second-order valence-corrected chi connectivity index (χ2v) is 8.29. The first-order valence-electron chi connectivity index (χ1n) is 10.2. The molecule has 3 aromatic carbocycles. The number of halogens is 6. The van der Waals surface area contributed by atoms with E-state index in [1.807, 2.05) is 0 Å². The zero-order valence-corrected chi connectivity index (χ0v) is 25.2. The number of rotatable bonds is 5. The van der Waals surface area contributed by atoms with Crippen molar-refractivity contribution >= 4 is 59.0 Å². The van der Waals surface area contributed by atoms with E-state index in [2.05, 4.69) is 0 Å². The molecule has 0 saturated heterocycles. The van der Waals surface area contributed by atoms with Crippen LogP contribution in [0.1, 0.15) is 17.2 Å². The maximum absolute atomic E-state index is 13.0. The van der Waals surface area contributed by atoms with Gasteiger partial charge in [-0.2, -0.15) is 0 Å². The molecule has 0 aliphatic heterocycles. The van der Waals surface area contributed by atoms with E-state index in [1.54, 1.807) is 0 Å². The predicted octanol–water partition coefficient (Wildman–Crippen LogP) is 0.238. The summed E-state index contributed by atoms with van der Waals surface area (Å²) in [6.07, 6.45) is -2.72. The molecule has 0 heterocycles. The summed E-state index contributed by atoms with van der Waals surface area (Å²) >= 11 is 16.2. The predicted molar refractivity (Wildman–Crippen MR) is 134 cm³/mol. The standard InChI is InChI=1S/C8H6ClFO4.C8H6ClFO3.C6H4ClFO.C2H2O3.Na/c9-4-1-3(7(12)8(13)14)5(10)2-6(4)11;9-5-1-4(2-8(12)13)6(10)3-7(5)11;7-5-2-1-4(8)3-6(5)9;3-1-2(4)5;/h1-2,7,11-12H,(H,13,14);1,3,11H,2H2,(H,12,13);1-3,9H;1H,(H,4,5);/q;;;;+1/p-1. The molecule has 0 fully saturated rings. The molecule has 0 aromatic heterocycles. The number of carboxylic acids is 3. The van der Waals surface area contributed by atoms with Gasteiger partial charge in [0, 0.05) is 29.3 Å². The summed E-state index contributed by atoms with van der Waals surface area (Å²) in [5.74, 6) is -7.90. The first-order chi connectivity index (χ1) is 18.9. The smallest absolute Gasteiger partial charge is 0.547 e. The van der Waals surface area contributed by atoms with E-state index in [-0.39, 0.29) is 62.2 Å². The molecular weight excluding hydrogens is 651 g/mol. The van der Waals surface area contributed by atoms with Crippen LogP contribution < -0.4 is 34.7 Å². The van der Waals surface area contributed by atoms with Gasteiger partial charge in [-0.1, -0.05) is 34.8 Å². The van der Waals surface area contributed by atoms with Gasteiger partial charge < -0.3 is 40.5 Å². The number of hydrogen-bond donors (Lipinski definition) is 6. The molecule has 18 heteroatoms. The Hall–Kier alpha value is -3.24. The second-order valence-electron chi connectivity index (χ2n) is 7.06. The van der Waals surface area contributed by atoms with E-state index >= 15 is 0 Å². The number of aliphatic hydroxyl groups excluding tert-OH is 1. The van der Waals surface area contributed by atoms with Gasteiger partial charge in [0.05, 0.1) is 27.5 Å². The van der Waals surface area contributed by atoms with E-state index in [9.17, 15) is 27.9 Å². The van der Waals surface area contributed by atoms with Crippen LogP contribution in [-0.2, 0) is 25.6 Å². The number of phenolic OH excluding ortho intramolecular Hbond substituents is 3. The molecule has 0 radical (unpaired) electrons. The maximum atomic E-state index is 13.0. The normalized spacial score (nSPS) is 10.1. The van der Waals surface area contributed by atoms with Crippen LogP contribution in [-0.4, -0.2) is 54.8 Å². The minimum Gasteiger partial charge on any atom is -0.547 e. The summed E-state index contributed by atoms with van der Waals surface area (Å²) < 4.78 is 38.0. The largest absolute Gasteiger partial charge is 1.00 e. The molecule has 222 valence electrons. The Balaban J connectivity index is 0. The zero-order valence-electron chi connectivity index (χ0n) is 20.9. The number of aliphatic hydroxyl groups is 1. The fraction of sp³-hybridized carbons (Fsp3) is 0.0833. The zero-order chi connectivity index (χ0) is 32.0. The van der Waals surface area contributed by atoms with Gasteiger partial charge in [-0.15, -0.1) is 0 Å². The number of aromatic hydroxyl groups is 3. The van der Waals surface area contributed by atoms with Crippen molar-refractivity contribution < 1.29 is 97.7 Å². The minimum absolute atomic E-state index is 0. The molecule has 0 amide bonds. The third kappa shape index (κ3) is 15.1. The Morgan fingerprint density at radius 3 is 1.67 bits per heavy atom. The molecule has 6 N–H and O–H groups in total. The average molecular weight is 668 g/mol. The van der Waals surface area contributed by atoms with Crippen molar-refractivity contribution in [2.24, 2.45) is 0 Å². The van der Waals surface area contributed by atoms with Crippen LogP contribution >= 0.6 is 34.8 Å². The number of hydrogen-bond acceptors (Lipinski definition) is 9. The van der Waals surface area contributed by atoms with Gasteiger partial charge in [-0.05, 0) is 24.3 Å². The molecule has 1 unspecified atom stereocenters. The van der Waals surface area contributed by atoms with Gasteiger partial charge >= 0.3 is 41.5 Å². The molecule has 42 heavy (non-hydrogen) atoms. The summed E-state index contributed by atoms with van der Waals surface area (Å²) in [6, 6.07) is 6.77. The van der Waals surface area contributed by atoms with Crippen molar-refractivity contribution in [3.05, 3.63) is 86.1 Å². The van der Waals surface area contributed by atoms with Gasteiger partial charge in [0.25, 0.3) is 0 Å². The van der Waals surface area contributed by atoms with Crippen LogP contribution in [0.15, 0.2) is 42.5 Å². The number of carboxylic acid groups (broad SMARTS) is 3. The van der Waals surface area contributed by atoms with Crippen LogP contribution in [0.4, 0.5) is 13.2 Å². The first kappa shape index (κ1) is 40.9. The van der Waals surface area contributed by atoms with Gasteiger partial charge in [0.15, 0.2) is 0 Å². The quantitative estimate of drug-likeness (QED) is 0.123. The van der Waals surface area contributed by atoms with Crippen LogP contribution in [0.5, 0.6) is 17.2 Å². The molecule has 1 atom stereocenters. The van der Waals surface area contributed by atoms with Crippen LogP contribution in [0.2, 0.25) is 15.1 Å². The summed E-state index contributed by atoms with van der Waals surface area (Å²) in [6.45, 7) is 0. The number of carbonyl (C=O) groups is 4. The van der Waals surface area contributed by atoms with E-state index in [1.165, 1.54) is 12.1 Å². The third-order valence-corrected chi connectivity index (χ3v) is 4.98. The number of aliphatic carboxylic acids is 3. The topological polar surface area (TPSA) is 213 Å². The third-order valence-electron chi connectivity index (χ3n) is 4.05. The van der Waals surface area contributed by atoms with E-state index in [0.29, 0.717) is 6.07 Å². The van der Waals surface area contributed by atoms with Gasteiger partial charge in [-0.25, -0.2) is 18.0 Å². The summed E-state index contributed by atoms with van der Waals surface area (Å²) in [5, 5.41) is 61.4. The number of aldehydes is 1. The first-order valence-corrected chi connectivity index (χ1v) is 11.3. The molecule has 0 bridgehead atoms. The van der Waals surface area contributed by atoms with Crippen molar-refractivity contribution in [3.63, 3.8) is 0 Å². The fourth-order valence-corrected chi connectivity index (χ4v) is 2.73.